The summed E-state index contributed by atoms with van der Waals surface area (Å²) in [7, 11) is 0. The second-order valence-electron chi connectivity index (χ2n) is 9.84. The van der Waals surface area contributed by atoms with Gasteiger partial charge in [-0.1, -0.05) is 45.2 Å². The van der Waals surface area contributed by atoms with Crippen LogP contribution in [0.5, 0.6) is 0 Å². The van der Waals surface area contributed by atoms with Gasteiger partial charge >= 0.3 is 0 Å². The Morgan fingerprint density at radius 1 is 0.366 bits per heavy atom. The van der Waals surface area contributed by atoms with Gasteiger partial charge < -0.3 is 4.74 Å². The number of rotatable bonds is 21. The minimum Gasteiger partial charge on any atom is -0.361 e. The molecule has 0 aromatic heterocycles. The Morgan fingerprint density at radius 3 is 0.854 bits per heavy atom. The molecule has 0 aromatic rings. The van der Waals surface area contributed by atoms with Crippen LogP contribution in [-0.4, -0.2) is 92.8 Å². The molecule has 0 radical (unpaired) electrons. The normalized spacial score (nSPS) is 24.6. The van der Waals surface area contributed by atoms with Crippen molar-refractivity contribution < 1.29 is 4.74 Å². The Balaban J connectivity index is 5.27. The van der Waals surface area contributed by atoms with E-state index in [1.54, 1.807) is 0 Å². The lowest BCUT2D eigenvalue weighted by molar-refractivity contribution is 0.0999. The minimum absolute atomic E-state index is 0.0435. The van der Waals surface area contributed by atoms with E-state index >= 15 is 0 Å². The van der Waals surface area contributed by atoms with E-state index in [9.17, 15) is 0 Å². The molecular formula is C24H34Cl16O. The molecule has 0 aliphatic heterocycles. The molecule has 0 heterocycles. The molecule has 16 atom stereocenters. The van der Waals surface area contributed by atoms with Crippen LogP contribution in [0, 0.1) is 5.92 Å². The van der Waals surface area contributed by atoms with Gasteiger partial charge in [-0.05, 0) is 12.3 Å². The van der Waals surface area contributed by atoms with Gasteiger partial charge in [0.15, 0.2) is 0 Å². The molecule has 248 valence electrons. The number of alkyl halides is 16. The van der Waals surface area contributed by atoms with Crippen LogP contribution in [0.2, 0.25) is 0 Å². The second-order valence-corrected chi connectivity index (χ2v) is 17.8. The van der Waals surface area contributed by atoms with E-state index in [-0.39, 0.29) is 5.92 Å². The number of unbranched alkanes of at least 4 members (excludes halogenated alkanes) is 2. The lowest BCUT2D eigenvalue weighted by Crippen LogP contribution is -2.49. The topological polar surface area (TPSA) is 9.23 Å². The van der Waals surface area contributed by atoms with E-state index in [2.05, 4.69) is 6.92 Å². The van der Waals surface area contributed by atoms with Crippen molar-refractivity contribution in [2.24, 2.45) is 5.92 Å². The Kier molecular flexibility index (Phi) is 25.7. The van der Waals surface area contributed by atoms with Crippen molar-refractivity contribution in [2.45, 2.75) is 126 Å². The van der Waals surface area contributed by atoms with E-state index < -0.39 is 86.2 Å². The largest absolute Gasteiger partial charge is 0.361 e. The van der Waals surface area contributed by atoms with Gasteiger partial charge in [0.05, 0.1) is 80.7 Å². The third-order valence-corrected chi connectivity index (χ3v) is 16.8. The quantitative estimate of drug-likeness (QED) is 0.0824. The molecule has 16 unspecified atom stereocenters. The predicted octanol–water partition coefficient (Wildman–Crippen LogP) is 12.5. The summed E-state index contributed by atoms with van der Waals surface area (Å²) in [6, 6.07) is 0. The lowest BCUT2D eigenvalue weighted by atomic mass is 9.99. The van der Waals surface area contributed by atoms with E-state index in [0.29, 0.717) is 6.61 Å². The Bertz CT molecular complexity index is 694. The number of hydrogen-bond donors (Lipinski definition) is 0. The van der Waals surface area contributed by atoms with E-state index in [1.165, 1.54) is 0 Å². The molecule has 0 N–H and O–H groups in total. The zero-order chi connectivity index (χ0) is 32.4. The first-order chi connectivity index (χ1) is 18.8. The molecule has 41 heavy (non-hydrogen) atoms. The van der Waals surface area contributed by atoms with Crippen LogP contribution >= 0.6 is 186 Å². The van der Waals surface area contributed by atoms with Crippen molar-refractivity contribution in [3.05, 3.63) is 0 Å². The molecule has 0 fully saturated rings. The highest BCUT2D eigenvalue weighted by Crippen LogP contribution is 2.39. The highest BCUT2D eigenvalue weighted by Gasteiger charge is 2.46. The molecule has 0 amide bonds. The molecule has 0 bridgehead atoms. The van der Waals surface area contributed by atoms with Crippen LogP contribution < -0.4 is 0 Å². The van der Waals surface area contributed by atoms with Crippen LogP contribution in [0.1, 0.15) is 40.0 Å². The van der Waals surface area contributed by atoms with Crippen molar-refractivity contribution in [1.29, 1.82) is 0 Å². The van der Waals surface area contributed by atoms with Crippen LogP contribution in [0.4, 0.5) is 0 Å². The van der Waals surface area contributed by atoms with Crippen molar-refractivity contribution in [2.75, 3.05) is 6.61 Å². The monoisotopic (exact) mass is 898 g/mol. The zero-order valence-corrected chi connectivity index (χ0v) is 34.2. The smallest absolute Gasteiger partial charge is 0.148 e. The molecule has 0 saturated carbocycles. The van der Waals surface area contributed by atoms with Gasteiger partial charge in [-0.25, -0.2) is 0 Å². The molecule has 1 nitrogen and oxygen atoms in total. The van der Waals surface area contributed by atoms with Crippen LogP contribution in [0.25, 0.3) is 0 Å². The van der Waals surface area contributed by atoms with E-state index in [0.717, 1.165) is 19.3 Å². The Labute approximate surface area is 325 Å². The van der Waals surface area contributed by atoms with Gasteiger partial charge in [0.25, 0.3) is 0 Å². The molecular weight excluding hydrogens is 872 g/mol. The summed E-state index contributed by atoms with van der Waals surface area (Å²) in [6.45, 7) is 6.31. The summed E-state index contributed by atoms with van der Waals surface area (Å²) in [6.07, 6.45) is 2.86. The molecule has 0 spiro atoms. The Morgan fingerprint density at radius 2 is 0.610 bits per heavy atom. The van der Waals surface area contributed by atoms with Crippen LogP contribution in [0.3, 0.4) is 0 Å². The highest BCUT2D eigenvalue weighted by molar-refractivity contribution is 6.46. The van der Waals surface area contributed by atoms with Gasteiger partial charge in [-0.3, -0.25) is 0 Å². The third kappa shape index (κ3) is 14.5. The van der Waals surface area contributed by atoms with Crippen molar-refractivity contribution >= 4 is 186 Å². The van der Waals surface area contributed by atoms with E-state index in [4.69, 9.17) is 190 Å². The number of ether oxygens (including phenoxy) is 1. The van der Waals surface area contributed by atoms with Gasteiger partial charge in [0.2, 0.25) is 0 Å². The number of hydrogen-bond acceptors (Lipinski definition) is 1. The molecule has 0 aliphatic carbocycles. The zero-order valence-electron chi connectivity index (χ0n) is 22.1. The molecule has 0 saturated heterocycles. The summed E-state index contributed by atoms with van der Waals surface area (Å²) in [5, 5.41) is -13.8. The molecule has 0 aromatic carbocycles. The average Bonchev–Trinajstić information content (AvgIpc) is 2.96. The summed E-state index contributed by atoms with van der Waals surface area (Å²) in [5.41, 5.74) is -0.899. The number of halogens is 16. The predicted molar refractivity (Wildman–Crippen MR) is 195 cm³/mol. The fourth-order valence-electron chi connectivity index (χ4n) is 3.44. The maximum atomic E-state index is 6.58. The second kappa shape index (κ2) is 23.1. The average molecular weight is 906 g/mol. The van der Waals surface area contributed by atoms with E-state index in [1.807, 2.05) is 13.8 Å². The summed E-state index contributed by atoms with van der Waals surface area (Å²) >= 11 is 104. The summed E-state index contributed by atoms with van der Waals surface area (Å²) in [5.74, 6) is 0.0435. The maximum absolute atomic E-state index is 6.58. The Hall–Kier alpha value is 4.60. The van der Waals surface area contributed by atoms with Gasteiger partial charge in [0.1, 0.15) is 5.56 Å². The molecule has 17 heteroatoms. The van der Waals surface area contributed by atoms with Gasteiger partial charge in [-0.2, -0.15) is 0 Å². The first-order valence-corrected chi connectivity index (χ1v) is 19.7. The van der Waals surface area contributed by atoms with Gasteiger partial charge in [-0.15, -0.1) is 174 Å². The maximum Gasteiger partial charge on any atom is 0.148 e. The highest BCUT2D eigenvalue weighted by atomic mass is 35.5. The van der Waals surface area contributed by atoms with Crippen LogP contribution in [0.15, 0.2) is 0 Å². The molecule has 0 aliphatic rings. The summed E-state index contributed by atoms with van der Waals surface area (Å²) in [4.78, 5) is 0. The van der Waals surface area contributed by atoms with Crippen molar-refractivity contribution in [3.8, 4) is 0 Å². The lowest BCUT2D eigenvalue weighted by Gasteiger charge is -2.35. The third-order valence-electron chi connectivity index (χ3n) is 6.17. The fourth-order valence-corrected chi connectivity index (χ4v) is 9.29. The molecule has 0 rings (SSSR count). The van der Waals surface area contributed by atoms with Crippen molar-refractivity contribution in [1.82, 2.24) is 0 Å². The first-order valence-electron chi connectivity index (χ1n) is 12.7. The summed E-state index contributed by atoms with van der Waals surface area (Å²) < 4.78 is 5.55. The van der Waals surface area contributed by atoms with Crippen LogP contribution in [-0.2, 0) is 4.74 Å². The van der Waals surface area contributed by atoms with Gasteiger partial charge in [0, 0.05) is 6.61 Å². The fraction of sp³-hybridized carbons (Fsp3) is 1.00. The SMILES string of the molecule is CCCCCOC(Cl)C(Cl)C(Cl)C(Cl)C(Cl)C(Cl)C(Cl)C(Cl)C(Cl)C(Cl)C(Cl)C(Cl)C(Cl)C(Cl)C(Cl)C(Cl)C(C)C. The standard InChI is InChI=1S/C24H34Cl16O/c1-4-5-6-7-41-24(40)23(39)22(38)21(37)20(36)19(35)18(34)17(33)16(32)15(31)14(30)13(29)12(28)11(27)10(26)9(25)8(2)3/h8-24H,4-7H2,1-3H3. The first kappa shape index (κ1) is 45.6. The van der Waals surface area contributed by atoms with Crippen molar-refractivity contribution in [3.63, 3.8) is 0 Å². The minimum atomic E-state index is -1.05.